The van der Waals surface area contributed by atoms with E-state index in [-0.39, 0.29) is 11.6 Å². The first kappa shape index (κ1) is 84.9. The number of hydrogen-bond acceptors (Lipinski definition) is 4. The van der Waals surface area contributed by atoms with E-state index in [0.717, 1.165) is 129 Å². The molecule has 0 spiro atoms. The molecule has 6 aliphatic rings. The van der Waals surface area contributed by atoms with Gasteiger partial charge in [-0.3, -0.25) is 0 Å². The van der Waals surface area contributed by atoms with Crippen LogP contribution in [0.3, 0.4) is 0 Å². The number of fused-ring (bicyclic) bond motifs is 12. The monoisotopic (exact) mass is 1820 g/mol. The Morgan fingerprint density at radius 3 is 0.660 bits per heavy atom. The van der Waals surface area contributed by atoms with E-state index in [1.54, 1.807) is 24.3 Å². The summed E-state index contributed by atoms with van der Waals surface area (Å²) in [5.74, 6) is -0.562. The van der Waals surface area contributed by atoms with E-state index in [1.165, 1.54) is 167 Å². The van der Waals surface area contributed by atoms with Gasteiger partial charge in [0.1, 0.15) is 11.6 Å². The Balaban J connectivity index is 0.551. The van der Waals surface area contributed by atoms with Gasteiger partial charge in [0, 0.05) is 68.2 Å². The second kappa shape index (κ2) is 33.4. The van der Waals surface area contributed by atoms with Gasteiger partial charge >= 0.3 is 0 Å². The van der Waals surface area contributed by atoms with Gasteiger partial charge in [-0.1, -0.05) is 284 Å². The molecule has 0 heterocycles. The van der Waals surface area contributed by atoms with Crippen LogP contribution in [0.25, 0.3) is 55.6 Å². The molecule has 20 aromatic carbocycles. The molecule has 676 valence electrons. The fourth-order valence-corrected chi connectivity index (χ4v) is 24.7. The average molecular weight is 1820 g/mol. The van der Waals surface area contributed by atoms with Gasteiger partial charge in [0.15, 0.2) is 0 Å². The quantitative estimate of drug-likeness (QED) is 0.0754. The van der Waals surface area contributed by atoms with Crippen molar-refractivity contribution >= 4 is 68.2 Å². The topological polar surface area (TPSA) is 13.0 Å². The van der Waals surface area contributed by atoms with Crippen molar-refractivity contribution in [3.8, 4) is 55.6 Å². The van der Waals surface area contributed by atoms with Crippen LogP contribution < -0.4 is 19.6 Å². The van der Waals surface area contributed by atoms with Crippen molar-refractivity contribution in [2.45, 2.75) is 96.3 Å². The highest BCUT2D eigenvalue weighted by Crippen LogP contribution is 2.64. The Hall–Kier alpha value is -16.5. The molecular formula is C135H102F2N4. The minimum Gasteiger partial charge on any atom is -0.310 e. The molecule has 0 radical (unpaired) electrons. The number of rotatable bonds is 20. The van der Waals surface area contributed by atoms with Gasteiger partial charge in [-0.05, 0) is 422 Å². The Bertz CT molecular complexity index is 7990. The molecule has 0 amide bonds. The summed E-state index contributed by atoms with van der Waals surface area (Å²) in [6, 6.07) is 161. The standard InChI is InChI=1S/C135H102F2N4/c1-85-25-28-88(4)126(75-85)133(101-48-37-95-31-34-98(95)78-101)124-23-15-13-21-118(124)120-71-67-116(81-129(120)133)140(112-63-51-104(136)52-64-112)110-59-44-93(45-60-110)91-40-55-108(56-41-91)138(106-17-9-7-10-18-106)114-69-73-122-123-74-70-115(84-132(123)135(131(122)83-114,128-77-87(3)27-30-90(128)6)103-50-39-97-33-36-100(97)80-103)139(107-19-11-8-12-20-107)109-57-42-92(43-58-109)94-46-61-111(62-47-94)141(113-65-53-105(137)54-66-113)117-68-72-121-119-22-14-16-24-125(119)134(130(121)82-117,127-76-86(2)26-29-89(127)5)102-49-38-96-32-35-99(96)79-102/h7-30,37-84H,31-36H2,1-6H3. The minimum absolute atomic E-state index is 0.281. The predicted molar refractivity (Wildman–Crippen MR) is 579 cm³/mol. The molecule has 0 bridgehead atoms. The molecule has 2 atom stereocenters. The zero-order chi connectivity index (χ0) is 94.7. The first-order valence-corrected chi connectivity index (χ1v) is 49.7. The molecule has 0 N–H and O–H groups in total. The van der Waals surface area contributed by atoms with Crippen molar-refractivity contribution in [1.29, 1.82) is 0 Å². The number of halogens is 2. The van der Waals surface area contributed by atoms with Gasteiger partial charge < -0.3 is 19.6 Å². The molecule has 0 saturated heterocycles. The molecule has 26 rings (SSSR count). The normalized spacial score (nSPS) is 16.0. The molecule has 0 saturated carbocycles. The van der Waals surface area contributed by atoms with E-state index in [9.17, 15) is 0 Å². The fourth-order valence-electron chi connectivity index (χ4n) is 24.7. The van der Waals surface area contributed by atoms with E-state index >= 15 is 8.78 Å². The second-order valence-electron chi connectivity index (χ2n) is 39.8. The maximum absolute atomic E-state index is 15.2. The Morgan fingerprint density at radius 2 is 0.397 bits per heavy atom. The number of para-hydroxylation sites is 2. The van der Waals surface area contributed by atoms with Gasteiger partial charge in [0.05, 0.1) is 16.2 Å². The first-order valence-electron chi connectivity index (χ1n) is 49.7. The van der Waals surface area contributed by atoms with E-state index in [0.29, 0.717) is 0 Å². The zero-order valence-electron chi connectivity index (χ0n) is 79.9. The molecule has 20 aromatic rings. The SMILES string of the molecule is Cc1ccc(C)c(C2(c3ccc4c(c3)CC4)c3ccccc3-c3ccc(N(c4ccc(F)cc4)c4ccc(-c5ccc(N(c6ccccc6)c6ccc7c(c6)C(c6ccc8c(c6)CC8)(c6cc(C)ccc6C)c6cc(N(c8ccccc8)c8ccc(-c9ccc(N(c%10ccc(F)cc%10)c%10ccc%11c(c%10)C(c%10ccc%12c(c%10)CC%12)(c%10cc(C)ccc%10C)c%10ccccc%10-%11)cc9)cc8)ccc6-7)cc5)cc4)cc32)c1. The average Bonchev–Trinajstić information content (AvgIpc) is 1.56. The summed E-state index contributed by atoms with van der Waals surface area (Å²) in [5.41, 5.74) is 52.5. The van der Waals surface area contributed by atoms with Gasteiger partial charge in [0.2, 0.25) is 0 Å². The van der Waals surface area contributed by atoms with E-state index in [4.69, 9.17) is 0 Å². The largest absolute Gasteiger partial charge is 0.310 e. The highest BCUT2D eigenvalue weighted by atomic mass is 19.1. The van der Waals surface area contributed by atoms with E-state index < -0.39 is 16.2 Å². The van der Waals surface area contributed by atoms with Crippen molar-refractivity contribution in [3.05, 3.63) is 582 Å². The van der Waals surface area contributed by atoms with Crippen molar-refractivity contribution in [1.82, 2.24) is 0 Å². The van der Waals surface area contributed by atoms with Crippen molar-refractivity contribution in [2.24, 2.45) is 0 Å². The maximum Gasteiger partial charge on any atom is 0.123 e. The van der Waals surface area contributed by atoms with Gasteiger partial charge in [0.25, 0.3) is 0 Å². The highest BCUT2D eigenvalue weighted by molar-refractivity contribution is 5.97. The van der Waals surface area contributed by atoms with Crippen LogP contribution in [0.5, 0.6) is 0 Å². The summed E-state index contributed by atoms with van der Waals surface area (Å²) >= 11 is 0. The van der Waals surface area contributed by atoms with Gasteiger partial charge in [-0.2, -0.15) is 0 Å². The third-order valence-corrected chi connectivity index (χ3v) is 31.9. The molecule has 6 aliphatic carbocycles. The Kier molecular flexibility index (Phi) is 20.1. The van der Waals surface area contributed by atoms with E-state index in [2.05, 4.69) is 449 Å². The van der Waals surface area contributed by atoms with Crippen LogP contribution >= 0.6 is 0 Å². The smallest absolute Gasteiger partial charge is 0.123 e. The van der Waals surface area contributed by atoms with Crippen LogP contribution in [0.2, 0.25) is 0 Å². The fraction of sp³-hybridized carbons (Fsp3) is 0.111. The lowest BCUT2D eigenvalue weighted by atomic mass is 9.65. The Morgan fingerprint density at radius 1 is 0.170 bits per heavy atom. The highest BCUT2D eigenvalue weighted by Gasteiger charge is 2.52. The third kappa shape index (κ3) is 13.6. The molecule has 0 aliphatic heterocycles. The summed E-state index contributed by atoms with van der Waals surface area (Å²) in [4.78, 5) is 9.43. The second-order valence-corrected chi connectivity index (χ2v) is 39.8. The summed E-state index contributed by atoms with van der Waals surface area (Å²) in [6.45, 7) is 13.5. The predicted octanol–water partition coefficient (Wildman–Crippen LogP) is 34.4. The molecule has 4 nitrogen and oxygen atoms in total. The molecule has 141 heavy (non-hydrogen) atoms. The molecule has 6 heteroatoms. The molecule has 0 aromatic heterocycles. The summed E-state index contributed by atoms with van der Waals surface area (Å²) in [6.07, 6.45) is 6.49. The van der Waals surface area contributed by atoms with Crippen molar-refractivity contribution in [3.63, 3.8) is 0 Å². The van der Waals surface area contributed by atoms with Crippen LogP contribution in [0.1, 0.15) is 134 Å². The first-order chi connectivity index (χ1) is 69.1. The number of benzene rings is 20. The minimum atomic E-state index is -0.785. The van der Waals surface area contributed by atoms with Crippen LogP contribution in [0, 0.1) is 53.2 Å². The number of aryl methyl sites for hydroxylation is 12. The molecular weight excluding hydrogens is 1720 g/mol. The van der Waals surface area contributed by atoms with Crippen LogP contribution in [0.4, 0.5) is 77.0 Å². The summed E-state index contributed by atoms with van der Waals surface area (Å²) < 4.78 is 30.5. The molecule has 0 fully saturated rings. The van der Waals surface area contributed by atoms with Gasteiger partial charge in [-0.25, -0.2) is 8.78 Å². The van der Waals surface area contributed by atoms with Crippen LogP contribution in [0.15, 0.2) is 437 Å². The lowest BCUT2D eigenvalue weighted by Gasteiger charge is -2.38. The van der Waals surface area contributed by atoms with E-state index in [1.807, 2.05) is 24.3 Å². The summed E-state index contributed by atoms with van der Waals surface area (Å²) in [7, 11) is 0. The number of nitrogens with zero attached hydrogens (tertiary/aromatic N) is 4. The summed E-state index contributed by atoms with van der Waals surface area (Å²) in [5, 5.41) is 0. The molecule has 2 unspecified atom stereocenters. The number of anilines is 12. The third-order valence-electron chi connectivity index (χ3n) is 31.9. The van der Waals surface area contributed by atoms with Crippen LogP contribution in [-0.4, -0.2) is 0 Å². The van der Waals surface area contributed by atoms with Crippen LogP contribution in [-0.2, 0) is 54.8 Å². The maximum atomic E-state index is 15.2. The van der Waals surface area contributed by atoms with Crippen molar-refractivity contribution < 1.29 is 8.78 Å². The van der Waals surface area contributed by atoms with Crippen molar-refractivity contribution in [2.75, 3.05) is 19.6 Å². The lowest BCUT2D eigenvalue weighted by molar-refractivity contribution is 0.627. The lowest BCUT2D eigenvalue weighted by Crippen LogP contribution is -2.31. The number of hydrogen-bond donors (Lipinski definition) is 0. The van der Waals surface area contributed by atoms with Gasteiger partial charge in [-0.15, -0.1) is 0 Å². The zero-order valence-corrected chi connectivity index (χ0v) is 79.9. The Labute approximate surface area is 824 Å².